The number of nitrogens with zero attached hydrogens (tertiary/aromatic N) is 3. The summed E-state index contributed by atoms with van der Waals surface area (Å²) < 4.78 is 6.31. The first kappa shape index (κ1) is 24.9. The predicted molar refractivity (Wildman–Crippen MR) is 171 cm³/mol. The number of para-hydroxylation sites is 5. The number of aromatic nitrogens is 1. The van der Waals surface area contributed by atoms with E-state index in [9.17, 15) is 0 Å². The Hall–Kier alpha value is -5.09. The summed E-state index contributed by atoms with van der Waals surface area (Å²) in [6.45, 7) is 6.24. The predicted octanol–water partition coefficient (Wildman–Crippen LogP) is 9.99. The van der Waals surface area contributed by atoms with Crippen molar-refractivity contribution in [3.05, 3.63) is 127 Å². The molecule has 1 aliphatic heterocycles. The molecule has 2 heterocycles. The molecule has 0 amide bonds. The Kier molecular flexibility index (Phi) is 6.36. The van der Waals surface area contributed by atoms with E-state index < -0.39 is 0 Å². The molecule has 1 aliphatic rings. The number of hydrogen-bond acceptors (Lipinski definition) is 4. The number of anilines is 4. The lowest BCUT2D eigenvalue weighted by atomic mass is 9.97. The Balaban J connectivity index is 1.48. The molecule has 0 atom stereocenters. The Morgan fingerprint density at radius 2 is 1.27 bits per heavy atom. The Labute approximate surface area is 241 Å². The number of fused-ring (bicyclic) bond motifs is 3. The van der Waals surface area contributed by atoms with Crippen LogP contribution in [0.15, 0.2) is 127 Å². The van der Waals surface area contributed by atoms with Crippen LogP contribution >= 0.6 is 0 Å². The Morgan fingerprint density at radius 3 is 1.98 bits per heavy atom. The van der Waals surface area contributed by atoms with E-state index in [1.54, 1.807) is 0 Å². The smallest absolute Gasteiger partial charge is 0.151 e. The lowest BCUT2D eigenvalue weighted by molar-refractivity contribution is 0.477. The molecule has 0 unspecified atom stereocenters. The monoisotopic (exact) mass is 533 g/mol. The summed E-state index contributed by atoms with van der Waals surface area (Å²) in [6, 6.07) is 44.6. The first-order valence-electron chi connectivity index (χ1n) is 14.2. The highest BCUT2D eigenvalue weighted by molar-refractivity contribution is 5.97. The van der Waals surface area contributed by atoms with E-state index >= 15 is 0 Å². The molecule has 0 aliphatic carbocycles. The van der Waals surface area contributed by atoms with E-state index in [-0.39, 0.29) is 0 Å². The maximum atomic E-state index is 6.31. The van der Waals surface area contributed by atoms with Crippen LogP contribution in [0.5, 0.6) is 11.5 Å². The first-order chi connectivity index (χ1) is 20.2. The zero-order chi connectivity index (χ0) is 27.8. The fraction of sp³-hybridized carbons (Fsp3) is 0.108. The van der Waals surface area contributed by atoms with Gasteiger partial charge in [0, 0.05) is 35.4 Å². The number of ether oxygens (including phenoxy) is 1. The number of rotatable bonds is 6. The highest BCUT2D eigenvalue weighted by atomic mass is 16.5. The van der Waals surface area contributed by atoms with Crippen LogP contribution < -0.4 is 14.5 Å². The average molecular weight is 534 g/mol. The van der Waals surface area contributed by atoms with E-state index in [4.69, 9.17) is 9.72 Å². The van der Waals surface area contributed by atoms with Crippen molar-refractivity contribution in [2.45, 2.75) is 13.8 Å². The maximum absolute atomic E-state index is 6.31. The van der Waals surface area contributed by atoms with Gasteiger partial charge >= 0.3 is 0 Å². The third-order valence-corrected chi connectivity index (χ3v) is 7.82. The van der Waals surface area contributed by atoms with Crippen molar-refractivity contribution in [2.24, 2.45) is 0 Å². The minimum Gasteiger partial charge on any atom is -0.453 e. The summed E-state index contributed by atoms with van der Waals surface area (Å²) in [6.07, 6.45) is 0. The van der Waals surface area contributed by atoms with Gasteiger partial charge in [0.15, 0.2) is 11.5 Å². The number of hydrogen-bond donors (Lipinski definition) is 0. The standard InChI is InChI=1S/C37H31N3O/c1-3-39(4-2)28-22-27(33-25-31(26-14-6-5-7-15-26)30-16-8-9-17-32(30)38-33)23-29(24-28)40-34-18-10-12-20-36(34)41-37-21-13-11-19-35(37)40/h5-25H,3-4H2,1-2H3. The van der Waals surface area contributed by atoms with Gasteiger partial charge in [0.05, 0.1) is 22.6 Å². The van der Waals surface area contributed by atoms with Crippen LogP contribution in [-0.2, 0) is 0 Å². The highest BCUT2D eigenvalue weighted by Crippen LogP contribution is 2.51. The van der Waals surface area contributed by atoms with Gasteiger partial charge in [-0.2, -0.15) is 0 Å². The minimum absolute atomic E-state index is 0.844. The third kappa shape index (κ3) is 4.48. The highest BCUT2D eigenvalue weighted by Gasteiger charge is 2.26. The van der Waals surface area contributed by atoms with Crippen molar-refractivity contribution >= 4 is 33.7 Å². The van der Waals surface area contributed by atoms with Crippen LogP contribution in [0.4, 0.5) is 22.7 Å². The summed E-state index contributed by atoms with van der Waals surface area (Å²) >= 11 is 0. The molecule has 4 heteroatoms. The molecule has 0 N–H and O–H groups in total. The fourth-order valence-electron chi connectivity index (χ4n) is 5.81. The van der Waals surface area contributed by atoms with Gasteiger partial charge in [0.1, 0.15) is 0 Å². The van der Waals surface area contributed by atoms with Gasteiger partial charge in [0.25, 0.3) is 0 Å². The van der Waals surface area contributed by atoms with Crippen molar-refractivity contribution in [3.8, 4) is 33.9 Å². The minimum atomic E-state index is 0.844. The molecule has 6 aromatic rings. The van der Waals surface area contributed by atoms with Gasteiger partial charge in [-0.1, -0.05) is 72.8 Å². The molecule has 0 bridgehead atoms. The lowest BCUT2D eigenvalue weighted by Gasteiger charge is -2.34. The molecule has 0 fully saturated rings. The van der Waals surface area contributed by atoms with Crippen molar-refractivity contribution in [1.82, 2.24) is 4.98 Å². The quantitative estimate of drug-likeness (QED) is 0.213. The van der Waals surface area contributed by atoms with E-state index in [2.05, 4.69) is 127 Å². The number of pyridine rings is 1. The van der Waals surface area contributed by atoms with Gasteiger partial charge < -0.3 is 14.5 Å². The fourth-order valence-corrected chi connectivity index (χ4v) is 5.81. The van der Waals surface area contributed by atoms with Gasteiger partial charge in [-0.3, -0.25) is 0 Å². The molecule has 7 rings (SSSR count). The summed E-state index contributed by atoms with van der Waals surface area (Å²) in [5.74, 6) is 1.69. The van der Waals surface area contributed by atoms with Crippen LogP contribution in [0, 0.1) is 0 Å². The van der Waals surface area contributed by atoms with Gasteiger partial charge in [0.2, 0.25) is 0 Å². The molecule has 4 nitrogen and oxygen atoms in total. The van der Waals surface area contributed by atoms with Crippen molar-refractivity contribution in [2.75, 3.05) is 22.9 Å². The molecular formula is C37H31N3O. The number of benzene rings is 5. The van der Waals surface area contributed by atoms with Crippen molar-refractivity contribution in [3.63, 3.8) is 0 Å². The SMILES string of the molecule is CCN(CC)c1cc(-c2cc(-c3ccccc3)c3ccccc3n2)cc(N2c3ccccc3Oc3ccccc32)c1. The van der Waals surface area contributed by atoms with Gasteiger partial charge in [-0.15, -0.1) is 0 Å². The van der Waals surface area contributed by atoms with Gasteiger partial charge in [-0.05, 0) is 79.6 Å². The second-order valence-corrected chi connectivity index (χ2v) is 10.2. The molecular weight excluding hydrogens is 502 g/mol. The van der Waals surface area contributed by atoms with E-state index in [1.165, 1.54) is 16.8 Å². The molecule has 0 saturated carbocycles. The second kappa shape index (κ2) is 10.5. The molecule has 0 saturated heterocycles. The summed E-state index contributed by atoms with van der Waals surface area (Å²) in [5.41, 5.74) is 9.66. The zero-order valence-electron chi connectivity index (χ0n) is 23.3. The van der Waals surface area contributed by atoms with E-state index in [0.717, 1.165) is 63.8 Å². The molecule has 5 aromatic carbocycles. The van der Waals surface area contributed by atoms with Crippen molar-refractivity contribution < 1.29 is 4.74 Å². The second-order valence-electron chi connectivity index (χ2n) is 10.2. The van der Waals surface area contributed by atoms with Crippen LogP contribution in [0.25, 0.3) is 33.3 Å². The molecule has 0 radical (unpaired) electrons. The lowest BCUT2D eigenvalue weighted by Crippen LogP contribution is -2.22. The first-order valence-corrected chi connectivity index (χ1v) is 14.2. The third-order valence-electron chi connectivity index (χ3n) is 7.82. The van der Waals surface area contributed by atoms with Crippen LogP contribution in [-0.4, -0.2) is 18.1 Å². The summed E-state index contributed by atoms with van der Waals surface area (Å²) in [5, 5.41) is 1.15. The Morgan fingerprint density at radius 1 is 0.634 bits per heavy atom. The van der Waals surface area contributed by atoms with Crippen LogP contribution in [0.1, 0.15) is 13.8 Å². The molecule has 1 aromatic heterocycles. The summed E-state index contributed by atoms with van der Waals surface area (Å²) in [4.78, 5) is 9.90. The largest absolute Gasteiger partial charge is 0.453 e. The topological polar surface area (TPSA) is 28.6 Å². The van der Waals surface area contributed by atoms with Crippen LogP contribution in [0.2, 0.25) is 0 Å². The van der Waals surface area contributed by atoms with E-state index in [0.29, 0.717) is 0 Å². The maximum Gasteiger partial charge on any atom is 0.151 e. The summed E-state index contributed by atoms with van der Waals surface area (Å²) in [7, 11) is 0. The van der Waals surface area contributed by atoms with Gasteiger partial charge in [-0.25, -0.2) is 4.98 Å². The van der Waals surface area contributed by atoms with Crippen LogP contribution in [0.3, 0.4) is 0 Å². The molecule has 0 spiro atoms. The molecule has 200 valence electrons. The normalized spacial score (nSPS) is 12.0. The molecule has 41 heavy (non-hydrogen) atoms. The van der Waals surface area contributed by atoms with Crippen molar-refractivity contribution in [1.29, 1.82) is 0 Å². The average Bonchev–Trinajstić information content (AvgIpc) is 3.04. The Bertz CT molecular complexity index is 1810. The zero-order valence-corrected chi connectivity index (χ0v) is 23.3. The van der Waals surface area contributed by atoms with E-state index in [1.807, 2.05) is 24.3 Å².